The first-order chi connectivity index (χ1) is 7.40. The number of methoxy groups -OCH3 is 1. The van der Waals surface area contributed by atoms with Crippen LogP contribution in [0.25, 0.3) is 0 Å². The Morgan fingerprint density at radius 3 is 2.56 bits per heavy atom. The van der Waals surface area contributed by atoms with E-state index in [2.05, 4.69) is 4.74 Å². The molecule has 0 fully saturated rings. The molecule has 0 aromatic heterocycles. The van der Waals surface area contributed by atoms with Crippen molar-refractivity contribution in [1.82, 2.24) is 0 Å². The molecule has 1 aromatic carbocycles. The van der Waals surface area contributed by atoms with E-state index in [1.54, 1.807) is 0 Å². The maximum absolute atomic E-state index is 13.3. The van der Waals surface area contributed by atoms with Crippen LogP contribution < -0.4 is 10.5 Å². The molecule has 7 heteroatoms. The van der Waals surface area contributed by atoms with E-state index in [0.717, 1.165) is 7.11 Å². The third-order valence-corrected chi connectivity index (χ3v) is 1.98. The first kappa shape index (κ1) is 12.2. The Balaban J connectivity index is 3.44. The second kappa shape index (κ2) is 4.31. The van der Waals surface area contributed by atoms with Gasteiger partial charge in [-0.3, -0.25) is 4.79 Å². The molecule has 0 aliphatic rings. The highest BCUT2D eigenvalue weighted by atomic mass is 19.1. The fourth-order valence-corrected chi connectivity index (χ4v) is 1.18. The molecule has 1 unspecified atom stereocenters. The van der Waals surface area contributed by atoms with Gasteiger partial charge in [0.2, 0.25) is 5.82 Å². The lowest BCUT2D eigenvalue weighted by atomic mass is 10.1. The Kier molecular flexibility index (Phi) is 3.28. The molecule has 0 radical (unpaired) electrons. The minimum absolute atomic E-state index is 0.386. The summed E-state index contributed by atoms with van der Waals surface area (Å²) in [6.07, 6.45) is 0. The summed E-state index contributed by atoms with van der Waals surface area (Å²) >= 11 is 0. The van der Waals surface area contributed by atoms with E-state index in [1.807, 2.05) is 0 Å². The molecule has 0 heterocycles. The van der Waals surface area contributed by atoms with E-state index in [9.17, 15) is 13.6 Å². The molecule has 16 heavy (non-hydrogen) atoms. The summed E-state index contributed by atoms with van der Waals surface area (Å²) in [5.74, 6) is -5.98. The SMILES string of the molecule is COc1c(C(N)C(=O)O)cc(F)c(O)c1F. The third kappa shape index (κ3) is 1.89. The minimum Gasteiger partial charge on any atom is -0.503 e. The number of hydrogen-bond acceptors (Lipinski definition) is 4. The van der Waals surface area contributed by atoms with Gasteiger partial charge in [-0.1, -0.05) is 0 Å². The number of carboxylic acid groups (broad SMARTS) is 1. The van der Waals surface area contributed by atoms with Gasteiger partial charge in [0, 0.05) is 5.56 Å². The number of rotatable bonds is 3. The van der Waals surface area contributed by atoms with Crippen molar-refractivity contribution >= 4 is 5.97 Å². The molecule has 0 bridgehead atoms. The molecule has 1 atom stereocenters. The monoisotopic (exact) mass is 233 g/mol. The summed E-state index contributed by atoms with van der Waals surface area (Å²) in [7, 11) is 1.05. The van der Waals surface area contributed by atoms with Crippen LogP contribution in [0.4, 0.5) is 8.78 Å². The number of phenolic OH excluding ortho intramolecular Hbond substituents is 1. The molecule has 88 valence electrons. The Morgan fingerprint density at radius 2 is 2.12 bits per heavy atom. The van der Waals surface area contributed by atoms with Crippen LogP contribution in [0.1, 0.15) is 11.6 Å². The molecular formula is C9H9F2NO4. The zero-order valence-corrected chi connectivity index (χ0v) is 8.20. The van der Waals surface area contributed by atoms with Gasteiger partial charge < -0.3 is 20.7 Å². The number of carbonyl (C=O) groups is 1. The number of aromatic hydroxyl groups is 1. The lowest BCUT2D eigenvalue weighted by Gasteiger charge is -2.13. The molecular weight excluding hydrogens is 224 g/mol. The van der Waals surface area contributed by atoms with Crippen molar-refractivity contribution in [3.63, 3.8) is 0 Å². The molecule has 5 nitrogen and oxygen atoms in total. The molecule has 0 saturated carbocycles. The summed E-state index contributed by atoms with van der Waals surface area (Å²) in [5, 5.41) is 17.6. The Morgan fingerprint density at radius 1 is 1.56 bits per heavy atom. The van der Waals surface area contributed by atoms with Gasteiger partial charge >= 0.3 is 5.97 Å². The molecule has 1 rings (SSSR count). The number of carboxylic acids is 1. The number of benzene rings is 1. The summed E-state index contributed by atoms with van der Waals surface area (Å²) in [4.78, 5) is 10.6. The van der Waals surface area contributed by atoms with Gasteiger partial charge in [0.1, 0.15) is 6.04 Å². The number of hydrogen-bond donors (Lipinski definition) is 3. The van der Waals surface area contributed by atoms with Crippen LogP contribution in [0.5, 0.6) is 11.5 Å². The fourth-order valence-electron chi connectivity index (χ4n) is 1.18. The second-order valence-electron chi connectivity index (χ2n) is 2.96. The highest BCUT2D eigenvalue weighted by Gasteiger charge is 2.25. The first-order valence-electron chi connectivity index (χ1n) is 4.13. The van der Waals surface area contributed by atoms with Crippen LogP contribution in [0.2, 0.25) is 0 Å². The highest BCUT2D eigenvalue weighted by molar-refractivity contribution is 5.76. The zero-order valence-electron chi connectivity index (χ0n) is 8.20. The number of phenols is 1. The van der Waals surface area contributed by atoms with Gasteiger partial charge in [0.05, 0.1) is 7.11 Å². The normalized spacial score (nSPS) is 12.2. The van der Waals surface area contributed by atoms with Crippen LogP contribution in [-0.4, -0.2) is 23.3 Å². The van der Waals surface area contributed by atoms with Gasteiger partial charge in [0.25, 0.3) is 0 Å². The van der Waals surface area contributed by atoms with Crippen molar-refractivity contribution in [3.05, 3.63) is 23.3 Å². The van der Waals surface area contributed by atoms with E-state index in [4.69, 9.17) is 15.9 Å². The maximum Gasteiger partial charge on any atom is 0.325 e. The maximum atomic E-state index is 13.3. The number of aliphatic carboxylic acids is 1. The van der Waals surface area contributed by atoms with Gasteiger partial charge in [0.15, 0.2) is 17.3 Å². The number of halogens is 2. The van der Waals surface area contributed by atoms with Crippen LogP contribution in [0.15, 0.2) is 6.07 Å². The fraction of sp³-hybridized carbons (Fsp3) is 0.222. The molecule has 0 amide bonds. The van der Waals surface area contributed by atoms with Crippen molar-refractivity contribution in [3.8, 4) is 11.5 Å². The predicted molar refractivity (Wildman–Crippen MR) is 49.1 cm³/mol. The highest BCUT2D eigenvalue weighted by Crippen LogP contribution is 2.34. The standard InChI is InChI=1S/C9H9F2NO4/c1-16-8-3(6(12)9(14)15)2-4(10)7(13)5(8)11/h2,6,13H,12H2,1H3,(H,14,15). The second-order valence-corrected chi connectivity index (χ2v) is 2.96. The van der Waals surface area contributed by atoms with Gasteiger partial charge in [-0.05, 0) is 6.07 Å². The Hall–Kier alpha value is -1.89. The molecule has 0 aliphatic carbocycles. The van der Waals surface area contributed by atoms with E-state index in [-0.39, 0.29) is 5.56 Å². The molecule has 0 spiro atoms. The zero-order chi connectivity index (χ0) is 12.5. The summed E-state index contributed by atoms with van der Waals surface area (Å²) in [6, 6.07) is -1.02. The predicted octanol–water partition coefficient (Wildman–Crippen LogP) is 0.763. The quantitative estimate of drug-likeness (QED) is 0.716. The largest absolute Gasteiger partial charge is 0.503 e. The van der Waals surface area contributed by atoms with E-state index >= 15 is 0 Å². The topological polar surface area (TPSA) is 92.8 Å². The lowest BCUT2D eigenvalue weighted by molar-refractivity contribution is -0.138. The van der Waals surface area contributed by atoms with Crippen LogP contribution >= 0.6 is 0 Å². The van der Waals surface area contributed by atoms with Crippen LogP contribution in [-0.2, 0) is 4.79 Å². The molecule has 0 aliphatic heterocycles. The van der Waals surface area contributed by atoms with E-state index < -0.39 is 35.1 Å². The van der Waals surface area contributed by atoms with Crippen LogP contribution in [0.3, 0.4) is 0 Å². The average molecular weight is 233 g/mol. The lowest BCUT2D eigenvalue weighted by Crippen LogP contribution is -2.22. The van der Waals surface area contributed by atoms with E-state index in [0.29, 0.717) is 6.07 Å². The number of nitrogens with two attached hydrogens (primary N) is 1. The molecule has 1 aromatic rings. The molecule has 4 N–H and O–H groups in total. The van der Waals surface area contributed by atoms with Gasteiger partial charge in [-0.15, -0.1) is 0 Å². The van der Waals surface area contributed by atoms with Crippen molar-refractivity contribution in [2.45, 2.75) is 6.04 Å². The van der Waals surface area contributed by atoms with Crippen molar-refractivity contribution < 1.29 is 28.5 Å². The van der Waals surface area contributed by atoms with Crippen molar-refractivity contribution in [2.24, 2.45) is 5.73 Å². The minimum atomic E-state index is -1.64. The van der Waals surface area contributed by atoms with Gasteiger partial charge in [-0.25, -0.2) is 4.39 Å². The third-order valence-electron chi connectivity index (χ3n) is 1.98. The van der Waals surface area contributed by atoms with Crippen LogP contribution in [0, 0.1) is 11.6 Å². The van der Waals surface area contributed by atoms with Crippen molar-refractivity contribution in [2.75, 3.05) is 7.11 Å². The summed E-state index contributed by atoms with van der Waals surface area (Å²) in [5.41, 5.74) is 4.82. The summed E-state index contributed by atoms with van der Waals surface area (Å²) in [6.45, 7) is 0. The van der Waals surface area contributed by atoms with E-state index in [1.165, 1.54) is 0 Å². The average Bonchev–Trinajstić information content (AvgIpc) is 2.24. The Labute approximate surface area is 89.1 Å². The first-order valence-corrected chi connectivity index (χ1v) is 4.13. The molecule has 0 saturated heterocycles. The number of ether oxygens (including phenoxy) is 1. The Bertz CT molecular complexity index is 436. The van der Waals surface area contributed by atoms with Crippen molar-refractivity contribution in [1.29, 1.82) is 0 Å². The summed E-state index contributed by atoms with van der Waals surface area (Å²) < 4.78 is 30.8. The smallest absolute Gasteiger partial charge is 0.325 e. The van der Waals surface area contributed by atoms with Gasteiger partial charge in [-0.2, -0.15) is 4.39 Å².